The van der Waals surface area contributed by atoms with E-state index in [1.165, 1.54) is 17.0 Å². The Morgan fingerprint density at radius 1 is 1.19 bits per heavy atom. The van der Waals surface area contributed by atoms with Gasteiger partial charge in [0.25, 0.3) is 0 Å². The fraction of sp³-hybridized carbons (Fsp3) is 0.333. The van der Waals surface area contributed by atoms with Crippen LogP contribution in [0.3, 0.4) is 0 Å². The maximum atomic E-state index is 13.2. The lowest BCUT2D eigenvalue weighted by molar-refractivity contribution is -0.146. The van der Waals surface area contributed by atoms with Gasteiger partial charge >= 0.3 is 11.8 Å². The summed E-state index contributed by atoms with van der Waals surface area (Å²) in [5, 5.41) is 2.68. The number of benzene rings is 1. The molecule has 1 aromatic carbocycles. The largest absolute Gasteiger partial charge is 0.348 e. The summed E-state index contributed by atoms with van der Waals surface area (Å²) in [5.41, 5.74) is 3.30. The van der Waals surface area contributed by atoms with Gasteiger partial charge in [0.15, 0.2) is 0 Å². The number of anilines is 1. The zero-order valence-electron chi connectivity index (χ0n) is 17.7. The molecule has 1 N–H and O–H groups in total. The first-order valence-electron chi connectivity index (χ1n) is 9.91. The van der Waals surface area contributed by atoms with Crippen molar-refractivity contribution in [1.29, 1.82) is 0 Å². The minimum absolute atomic E-state index is 0.209. The molecule has 162 valence electrons. The van der Waals surface area contributed by atoms with E-state index < -0.39 is 11.8 Å². The summed E-state index contributed by atoms with van der Waals surface area (Å²) >= 11 is 0. The number of halogens is 1. The zero-order valence-corrected chi connectivity index (χ0v) is 17.7. The molecule has 9 nitrogen and oxygen atoms in total. The van der Waals surface area contributed by atoms with Gasteiger partial charge in [-0.05, 0) is 24.3 Å². The van der Waals surface area contributed by atoms with Crippen molar-refractivity contribution in [1.82, 2.24) is 29.3 Å². The molecule has 0 saturated heterocycles. The Morgan fingerprint density at radius 3 is 2.61 bits per heavy atom. The number of aromatic nitrogens is 4. The summed E-state index contributed by atoms with van der Waals surface area (Å²) in [5.74, 6) is -0.786. The lowest BCUT2D eigenvalue weighted by atomic mass is 10.1. The minimum Gasteiger partial charge on any atom is -0.348 e. The normalized spacial score (nSPS) is 13.1. The smallest absolute Gasteiger partial charge is 0.312 e. The number of nitrogens with one attached hydrogen (secondary N) is 1. The van der Waals surface area contributed by atoms with E-state index in [2.05, 4.69) is 15.3 Å². The number of carbonyl (C=O) groups excluding carboxylic acids is 2. The van der Waals surface area contributed by atoms with Crippen LogP contribution in [0.2, 0.25) is 0 Å². The molecule has 0 saturated carbocycles. The monoisotopic (exact) mass is 425 g/mol. The van der Waals surface area contributed by atoms with E-state index in [9.17, 15) is 14.0 Å². The Labute approximate surface area is 179 Å². The number of hydrogen-bond acceptors (Lipinski definition) is 5. The highest BCUT2D eigenvalue weighted by Crippen LogP contribution is 2.22. The van der Waals surface area contributed by atoms with Gasteiger partial charge in [-0.1, -0.05) is 0 Å². The van der Waals surface area contributed by atoms with Crippen molar-refractivity contribution in [3.8, 4) is 5.69 Å². The quantitative estimate of drug-likeness (QED) is 0.631. The van der Waals surface area contributed by atoms with Gasteiger partial charge in [-0.2, -0.15) is 0 Å². The van der Waals surface area contributed by atoms with Gasteiger partial charge < -0.3 is 24.3 Å². The molecule has 3 aromatic rings. The van der Waals surface area contributed by atoms with Gasteiger partial charge in [-0.3, -0.25) is 9.59 Å². The number of amides is 2. The van der Waals surface area contributed by atoms with Crippen LogP contribution in [0, 0.1) is 5.82 Å². The number of rotatable bonds is 4. The zero-order chi connectivity index (χ0) is 22.1. The molecule has 2 aromatic heterocycles. The Morgan fingerprint density at radius 2 is 1.94 bits per heavy atom. The van der Waals surface area contributed by atoms with E-state index in [4.69, 9.17) is 0 Å². The van der Waals surface area contributed by atoms with Crippen molar-refractivity contribution in [2.75, 3.05) is 25.5 Å². The van der Waals surface area contributed by atoms with E-state index in [0.29, 0.717) is 13.0 Å². The predicted octanol–water partition coefficient (Wildman–Crippen LogP) is 1.01. The summed E-state index contributed by atoms with van der Waals surface area (Å²) in [4.78, 5) is 37.1. The molecule has 1 aliphatic rings. The summed E-state index contributed by atoms with van der Waals surface area (Å²) in [6.07, 6.45) is 3.89. The molecule has 0 aliphatic carbocycles. The fourth-order valence-electron chi connectivity index (χ4n) is 3.71. The molecule has 2 amide bonds. The van der Waals surface area contributed by atoms with E-state index in [1.807, 2.05) is 35.2 Å². The Kier molecular flexibility index (Phi) is 5.45. The van der Waals surface area contributed by atoms with E-state index in [-0.39, 0.29) is 18.9 Å². The molecule has 4 rings (SSSR count). The summed E-state index contributed by atoms with van der Waals surface area (Å²) in [6, 6.07) is 6.16. The second-order valence-electron chi connectivity index (χ2n) is 7.65. The molecule has 1 aliphatic heterocycles. The lowest BCUT2D eigenvalue weighted by Crippen LogP contribution is -2.45. The molecule has 0 spiro atoms. The van der Waals surface area contributed by atoms with Crippen LogP contribution >= 0.6 is 0 Å². The Hall–Kier alpha value is -3.69. The third-order valence-corrected chi connectivity index (χ3v) is 5.39. The first-order chi connectivity index (χ1) is 14.8. The average Bonchev–Trinajstić information content (AvgIpc) is 3.35. The number of nitrogens with zero attached hydrogens (tertiary/aromatic N) is 6. The highest BCUT2D eigenvalue weighted by molar-refractivity contribution is 6.34. The van der Waals surface area contributed by atoms with Crippen LogP contribution in [-0.4, -0.2) is 56.5 Å². The topological polar surface area (TPSA) is 88.3 Å². The average molecular weight is 425 g/mol. The SMILES string of the molecule is CN(C)c1ncc(CNC(=O)C(=O)N2CCc3c(ncn3-c3ccc(F)cc3)C2)n1C. The van der Waals surface area contributed by atoms with Gasteiger partial charge in [-0.15, -0.1) is 0 Å². The van der Waals surface area contributed by atoms with E-state index in [1.54, 1.807) is 24.7 Å². The molecule has 0 fully saturated rings. The molecular formula is C21H24FN7O2. The van der Waals surface area contributed by atoms with Crippen LogP contribution in [0.4, 0.5) is 10.3 Å². The summed E-state index contributed by atoms with van der Waals surface area (Å²) < 4.78 is 17.0. The van der Waals surface area contributed by atoms with Gasteiger partial charge in [0.2, 0.25) is 5.95 Å². The number of hydrogen-bond donors (Lipinski definition) is 1. The molecule has 0 unspecified atom stereocenters. The van der Waals surface area contributed by atoms with Crippen molar-refractivity contribution in [2.24, 2.45) is 7.05 Å². The van der Waals surface area contributed by atoms with Crippen molar-refractivity contribution in [3.63, 3.8) is 0 Å². The van der Waals surface area contributed by atoms with Crippen LogP contribution in [0.1, 0.15) is 17.1 Å². The molecule has 10 heteroatoms. The lowest BCUT2D eigenvalue weighted by Gasteiger charge is -2.26. The van der Waals surface area contributed by atoms with E-state index >= 15 is 0 Å². The van der Waals surface area contributed by atoms with Crippen LogP contribution < -0.4 is 10.2 Å². The standard InChI is InChI=1S/C21H24FN7O2/c1-26(2)21-24-11-16(27(21)3)10-23-19(30)20(31)28-9-8-18-17(12-28)25-13-29(18)15-6-4-14(22)5-7-15/h4-7,11,13H,8-10,12H2,1-3H3,(H,23,30). The molecule has 31 heavy (non-hydrogen) atoms. The highest BCUT2D eigenvalue weighted by atomic mass is 19.1. The predicted molar refractivity (Wildman–Crippen MR) is 112 cm³/mol. The van der Waals surface area contributed by atoms with Gasteiger partial charge in [0, 0.05) is 45.5 Å². The minimum atomic E-state index is -0.658. The van der Waals surface area contributed by atoms with E-state index in [0.717, 1.165) is 28.7 Å². The van der Waals surface area contributed by atoms with Crippen LogP contribution in [0.5, 0.6) is 0 Å². The molecule has 0 atom stereocenters. The molecule has 0 bridgehead atoms. The second kappa shape index (κ2) is 8.21. The Balaban J connectivity index is 1.40. The van der Waals surface area contributed by atoms with Crippen LogP contribution in [0.15, 0.2) is 36.8 Å². The Bertz CT molecular complexity index is 1120. The first-order valence-corrected chi connectivity index (χ1v) is 9.91. The third-order valence-electron chi connectivity index (χ3n) is 5.39. The second-order valence-corrected chi connectivity index (χ2v) is 7.65. The van der Waals surface area contributed by atoms with Crippen molar-refractivity contribution >= 4 is 17.8 Å². The maximum absolute atomic E-state index is 13.2. The molecule has 0 radical (unpaired) electrons. The first kappa shape index (κ1) is 20.6. The number of fused-ring (bicyclic) bond motifs is 1. The third kappa shape index (κ3) is 4.00. The van der Waals surface area contributed by atoms with Gasteiger partial charge in [0.1, 0.15) is 5.82 Å². The van der Waals surface area contributed by atoms with Gasteiger partial charge in [-0.25, -0.2) is 14.4 Å². The number of carbonyl (C=O) groups is 2. The van der Waals surface area contributed by atoms with Crippen molar-refractivity contribution in [3.05, 3.63) is 59.7 Å². The van der Waals surface area contributed by atoms with Crippen molar-refractivity contribution < 1.29 is 14.0 Å². The summed E-state index contributed by atoms with van der Waals surface area (Å²) in [7, 11) is 5.63. The summed E-state index contributed by atoms with van der Waals surface area (Å²) in [6.45, 7) is 0.870. The van der Waals surface area contributed by atoms with Crippen LogP contribution in [-0.2, 0) is 36.1 Å². The maximum Gasteiger partial charge on any atom is 0.312 e. The number of imidazole rings is 2. The van der Waals surface area contributed by atoms with Crippen LogP contribution in [0.25, 0.3) is 5.69 Å². The van der Waals surface area contributed by atoms with Gasteiger partial charge in [0.05, 0.1) is 37.0 Å². The highest BCUT2D eigenvalue weighted by Gasteiger charge is 2.28. The molecular weight excluding hydrogens is 401 g/mol. The fourth-order valence-corrected chi connectivity index (χ4v) is 3.71. The molecule has 3 heterocycles. The van der Waals surface area contributed by atoms with Crippen molar-refractivity contribution in [2.45, 2.75) is 19.5 Å².